The molecule has 0 aliphatic carbocycles. The molecular weight excluding hydrogens is 348 g/mol. The van der Waals surface area contributed by atoms with Crippen molar-refractivity contribution in [3.05, 3.63) is 30.0 Å². The van der Waals surface area contributed by atoms with E-state index in [9.17, 15) is 9.59 Å². The fourth-order valence-corrected chi connectivity index (χ4v) is 3.09. The lowest BCUT2D eigenvalue weighted by Crippen LogP contribution is -2.34. The van der Waals surface area contributed by atoms with Crippen LogP contribution >= 0.6 is 0 Å². The van der Waals surface area contributed by atoms with Gasteiger partial charge in [0.25, 0.3) is 0 Å². The van der Waals surface area contributed by atoms with Crippen LogP contribution in [0.25, 0.3) is 0 Å². The van der Waals surface area contributed by atoms with Crippen molar-refractivity contribution >= 4 is 29.0 Å². The van der Waals surface area contributed by atoms with Crippen molar-refractivity contribution in [3.8, 4) is 5.75 Å². The summed E-state index contributed by atoms with van der Waals surface area (Å²) in [5, 5.41) is 9.72. The van der Waals surface area contributed by atoms with E-state index in [-0.39, 0.29) is 11.8 Å². The molecule has 2 heterocycles. The van der Waals surface area contributed by atoms with Crippen LogP contribution in [0, 0.1) is 6.92 Å². The van der Waals surface area contributed by atoms with Gasteiger partial charge in [0.1, 0.15) is 17.6 Å². The summed E-state index contributed by atoms with van der Waals surface area (Å²) in [6.07, 6.45) is 1.99. The Labute approximate surface area is 157 Å². The highest BCUT2D eigenvalue weighted by molar-refractivity contribution is 5.98. The van der Waals surface area contributed by atoms with Crippen LogP contribution in [0.5, 0.6) is 5.75 Å². The summed E-state index contributed by atoms with van der Waals surface area (Å²) in [6, 6.07) is 6.70. The third-order valence-corrected chi connectivity index (χ3v) is 4.49. The second-order valence-corrected chi connectivity index (χ2v) is 6.45. The number of methoxy groups -OCH3 is 1. The Bertz CT molecular complexity index is 833. The minimum atomic E-state index is -0.453. The summed E-state index contributed by atoms with van der Waals surface area (Å²) < 4.78 is 10.4. The third kappa shape index (κ3) is 4.21. The number of amides is 2. The maximum absolute atomic E-state index is 12.5. The van der Waals surface area contributed by atoms with Crippen LogP contribution in [0.3, 0.4) is 0 Å². The number of aryl methyl sites for hydroxylation is 1. The van der Waals surface area contributed by atoms with E-state index >= 15 is 0 Å². The van der Waals surface area contributed by atoms with E-state index in [2.05, 4.69) is 15.8 Å². The van der Waals surface area contributed by atoms with Crippen LogP contribution in [0.1, 0.15) is 31.9 Å². The van der Waals surface area contributed by atoms with E-state index in [1.165, 1.54) is 0 Å². The molecule has 8 nitrogen and oxygen atoms in total. The number of carbonyl (C=O) groups is 2. The summed E-state index contributed by atoms with van der Waals surface area (Å²) in [6.45, 7) is 4.37. The molecule has 0 unspecified atom stereocenters. The van der Waals surface area contributed by atoms with Crippen molar-refractivity contribution in [3.63, 3.8) is 0 Å². The second-order valence-electron chi connectivity index (χ2n) is 6.45. The first-order valence-corrected chi connectivity index (χ1v) is 9.01. The van der Waals surface area contributed by atoms with Gasteiger partial charge in [0.15, 0.2) is 5.82 Å². The van der Waals surface area contributed by atoms with Crippen molar-refractivity contribution in [1.29, 1.82) is 0 Å². The molecule has 1 atom stereocenters. The number of nitrogens with one attached hydrogen (secondary N) is 2. The van der Waals surface area contributed by atoms with Crippen LogP contribution in [0.4, 0.5) is 17.2 Å². The van der Waals surface area contributed by atoms with E-state index in [1.807, 2.05) is 19.1 Å². The number of ether oxygens (including phenoxy) is 1. The lowest BCUT2D eigenvalue weighted by molar-refractivity contribution is -0.117. The van der Waals surface area contributed by atoms with Crippen LogP contribution in [0.2, 0.25) is 0 Å². The molecule has 1 aliphatic heterocycles. The van der Waals surface area contributed by atoms with Crippen molar-refractivity contribution in [2.24, 2.45) is 0 Å². The normalized spacial score (nSPS) is 14.9. The van der Waals surface area contributed by atoms with Gasteiger partial charge in [-0.2, -0.15) is 0 Å². The number of nitrogens with zero attached hydrogens (tertiary/aromatic N) is 2. The van der Waals surface area contributed by atoms with Gasteiger partial charge < -0.3 is 24.8 Å². The molecular formula is C19H24N4O4. The number of anilines is 3. The van der Waals surface area contributed by atoms with Crippen molar-refractivity contribution in [2.75, 3.05) is 29.2 Å². The molecule has 8 heteroatoms. The summed E-state index contributed by atoms with van der Waals surface area (Å²) in [5.74, 6) is 1.50. The monoisotopic (exact) mass is 372 g/mol. The van der Waals surface area contributed by atoms with E-state index in [0.29, 0.717) is 36.7 Å². The molecule has 1 saturated heterocycles. The molecule has 3 rings (SSSR count). The molecule has 2 aromatic rings. The Balaban J connectivity index is 1.73. The van der Waals surface area contributed by atoms with Gasteiger partial charge in [0, 0.05) is 30.8 Å². The van der Waals surface area contributed by atoms with Crippen molar-refractivity contribution in [1.82, 2.24) is 5.16 Å². The topological polar surface area (TPSA) is 96.7 Å². The maximum Gasteiger partial charge on any atom is 0.248 e. The molecule has 0 spiro atoms. The SMILES string of the molecule is CC[C@H](Nc1ccc(N2CCCC2=O)c(OC)c1)C(=O)Nc1cc(C)on1. The molecule has 27 heavy (non-hydrogen) atoms. The van der Waals surface area contributed by atoms with Crippen LogP contribution in [0.15, 0.2) is 28.8 Å². The second kappa shape index (κ2) is 8.11. The zero-order valence-electron chi connectivity index (χ0n) is 15.7. The molecule has 1 fully saturated rings. The zero-order valence-corrected chi connectivity index (χ0v) is 15.7. The van der Waals surface area contributed by atoms with Gasteiger partial charge in [-0.15, -0.1) is 0 Å². The molecule has 1 aromatic heterocycles. The van der Waals surface area contributed by atoms with Crippen LogP contribution < -0.4 is 20.3 Å². The third-order valence-electron chi connectivity index (χ3n) is 4.49. The highest BCUT2D eigenvalue weighted by Gasteiger charge is 2.25. The smallest absolute Gasteiger partial charge is 0.248 e. The van der Waals surface area contributed by atoms with Gasteiger partial charge in [0.05, 0.1) is 12.8 Å². The number of carbonyl (C=O) groups excluding carboxylic acids is 2. The Kier molecular flexibility index (Phi) is 5.63. The number of rotatable bonds is 7. The molecule has 0 bridgehead atoms. The van der Waals surface area contributed by atoms with Gasteiger partial charge in [-0.3, -0.25) is 9.59 Å². The number of benzene rings is 1. The predicted octanol–water partition coefficient (Wildman–Crippen LogP) is 2.95. The minimum Gasteiger partial charge on any atom is -0.494 e. The Morgan fingerprint density at radius 2 is 2.22 bits per heavy atom. The summed E-state index contributed by atoms with van der Waals surface area (Å²) in [5.41, 5.74) is 1.49. The maximum atomic E-state index is 12.5. The molecule has 0 saturated carbocycles. The lowest BCUT2D eigenvalue weighted by atomic mass is 10.1. The number of hydrogen-bond donors (Lipinski definition) is 2. The molecule has 1 aliphatic rings. The van der Waals surface area contributed by atoms with E-state index in [4.69, 9.17) is 9.26 Å². The average Bonchev–Trinajstić information content (AvgIpc) is 3.27. The fourth-order valence-electron chi connectivity index (χ4n) is 3.09. The first-order chi connectivity index (χ1) is 13.0. The van der Waals surface area contributed by atoms with Gasteiger partial charge in [0.2, 0.25) is 11.8 Å². The Morgan fingerprint density at radius 1 is 1.41 bits per heavy atom. The molecule has 0 radical (unpaired) electrons. The summed E-state index contributed by atoms with van der Waals surface area (Å²) in [7, 11) is 1.57. The Hall–Kier alpha value is -3.03. The van der Waals surface area contributed by atoms with Gasteiger partial charge in [-0.25, -0.2) is 0 Å². The highest BCUT2D eigenvalue weighted by Crippen LogP contribution is 2.34. The van der Waals surface area contributed by atoms with Gasteiger partial charge in [-0.1, -0.05) is 12.1 Å². The molecule has 1 aromatic carbocycles. The van der Waals surface area contributed by atoms with E-state index < -0.39 is 6.04 Å². The average molecular weight is 372 g/mol. The van der Waals surface area contributed by atoms with Crippen LogP contribution in [-0.4, -0.2) is 36.7 Å². The Morgan fingerprint density at radius 3 is 2.81 bits per heavy atom. The summed E-state index contributed by atoms with van der Waals surface area (Å²) >= 11 is 0. The minimum absolute atomic E-state index is 0.0997. The van der Waals surface area contributed by atoms with Gasteiger partial charge >= 0.3 is 0 Å². The molecule has 2 amide bonds. The number of aromatic nitrogens is 1. The van der Waals surface area contributed by atoms with Crippen molar-refractivity contribution in [2.45, 2.75) is 39.2 Å². The largest absolute Gasteiger partial charge is 0.494 e. The quantitative estimate of drug-likeness (QED) is 0.776. The first kappa shape index (κ1) is 18.8. The van der Waals surface area contributed by atoms with E-state index in [1.54, 1.807) is 31.1 Å². The standard InChI is InChI=1S/C19H24N4O4/c1-4-14(19(25)21-17-10-12(2)27-22-17)20-13-7-8-15(16(11-13)26-3)23-9-5-6-18(23)24/h7-8,10-11,14,20H,4-6,9H2,1-3H3,(H,21,22,25)/t14-/m0/s1. The van der Waals surface area contributed by atoms with E-state index in [0.717, 1.165) is 17.8 Å². The summed E-state index contributed by atoms with van der Waals surface area (Å²) in [4.78, 5) is 26.2. The molecule has 144 valence electrons. The fraction of sp³-hybridized carbons (Fsp3) is 0.421. The van der Waals surface area contributed by atoms with Gasteiger partial charge in [-0.05, 0) is 31.9 Å². The number of hydrogen-bond acceptors (Lipinski definition) is 6. The van der Waals surface area contributed by atoms with Crippen molar-refractivity contribution < 1.29 is 18.8 Å². The molecule has 2 N–H and O–H groups in total. The lowest BCUT2D eigenvalue weighted by Gasteiger charge is -2.21. The predicted molar refractivity (Wildman–Crippen MR) is 102 cm³/mol. The zero-order chi connectivity index (χ0) is 19.4. The highest BCUT2D eigenvalue weighted by atomic mass is 16.5. The van der Waals surface area contributed by atoms with Crippen LogP contribution in [-0.2, 0) is 9.59 Å². The first-order valence-electron chi connectivity index (χ1n) is 9.01.